The molecule has 0 spiro atoms. The number of nitrogens with zero attached hydrogens (tertiary/aromatic N) is 3. The monoisotopic (exact) mass is 402 g/mol. The summed E-state index contributed by atoms with van der Waals surface area (Å²) in [6, 6.07) is 10.2. The summed E-state index contributed by atoms with van der Waals surface area (Å²) in [4.78, 5) is 34.8. The van der Waals surface area contributed by atoms with E-state index in [-0.39, 0.29) is 24.1 Å². The number of amides is 1. The van der Waals surface area contributed by atoms with Gasteiger partial charge in [0.15, 0.2) is 5.65 Å². The van der Waals surface area contributed by atoms with Crippen molar-refractivity contribution < 1.29 is 4.79 Å². The molecule has 0 aliphatic heterocycles. The topological polar surface area (TPSA) is 76.9 Å². The summed E-state index contributed by atoms with van der Waals surface area (Å²) in [5, 5.41) is 3.61. The van der Waals surface area contributed by atoms with Gasteiger partial charge in [-0.15, -0.1) is 0 Å². The van der Waals surface area contributed by atoms with E-state index in [1.165, 1.54) is 22.0 Å². The van der Waals surface area contributed by atoms with Gasteiger partial charge >= 0.3 is 0 Å². The first kappa shape index (κ1) is 19.0. The van der Waals surface area contributed by atoms with Crippen LogP contribution in [-0.4, -0.2) is 20.4 Å². The number of benzene rings is 1. The average molecular weight is 402 g/mol. The predicted molar refractivity (Wildman–Crippen MR) is 115 cm³/mol. The maximum Gasteiger partial charge on any atom is 0.263 e. The SMILES string of the molecule is CC1CCc2nc3ncn(CC(=O)NC4CCCc5ccccc54)c(=O)c3cc2C1. The molecule has 2 unspecified atom stereocenters. The molecule has 1 amide bonds. The first-order chi connectivity index (χ1) is 14.6. The van der Waals surface area contributed by atoms with Crippen molar-refractivity contribution in [3.63, 3.8) is 0 Å². The van der Waals surface area contributed by atoms with E-state index < -0.39 is 0 Å². The Kier molecular flexibility index (Phi) is 4.85. The van der Waals surface area contributed by atoms with Gasteiger partial charge in [0.2, 0.25) is 5.91 Å². The molecule has 154 valence electrons. The van der Waals surface area contributed by atoms with Gasteiger partial charge in [0.05, 0.1) is 11.4 Å². The third-order valence-electron chi connectivity index (χ3n) is 6.44. The molecule has 1 N–H and O–H groups in total. The number of aromatic nitrogens is 3. The largest absolute Gasteiger partial charge is 0.348 e. The fourth-order valence-electron chi connectivity index (χ4n) is 4.83. The van der Waals surface area contributed by atoms with Gasteiger partial charge in [0, 0.05) is 5.69 Å². The minimum absolute atomic E-state index is 0.00161. The minimum atomic E-state index is -0.201. The van der Waals surface area contributed by atoms with E-state index >= 15 is 0 Å². The number of carbonyl (C=O) groups excluding carboxylic acids is 1. The van der Waals surface area contributed by atoms with Gasteiger partial charge in [0.25, 0.3) is 5.56 Å². The predicted octanol–water partition coefficient (Wildman–Crippen LogP) is 3.11. The highest BCUT2D eigenvalue weighted by atomic mass is 16.2. The highest BCUT2D eigenvalue weighted by molar-refractivity contribution is 5.78. The van der Waals surface area contributed by atoms with Crippen LogP contribution in [0.2, 0.25) is 0 Å². The lowest BCUT2D eigenvalue weighted by atomic mass is 9.87. The minimum Gasteiger partial charge on any atom is -0.348 e. The Balaban J connectivity index is 1.38. The highest BCUT2D eigenvalue weighted by Crippen LogP contribution is 2.29. The highest BCUT2D eigenvalue weighted by Gasteiger charge is 2.22. The maximum atomic E-state index is 13.0. The van der Waals surface area contributed by atoms with Gasteiger partial charge in [0.1, 0.15) is 12.9 Å². The first-order valence-corrected chi connectivity index (χ1v) is 10.8. The summed E-state index contributed by atoms with van der Waals surface area (Å²) in [5.74, 6) is 0.430. The summed E-state index contributed by atoms with van der Waals surface area (Å²) in [5.41, 5.74) is 4.95. The Morgan fingerprint density at radius 3 is 2.97 bits per heavy atom. The molecular formula is C24H26N4O2. The van der Waals surface area contributed by atoms with E-state index in [4.69, 9.17) is 0 Å². The molecule has 0 fully saturated rings. The zero-order valence-electron chi connectivity index (χ0n) is 17.2. The summed E-state index contributed by atoms with van der Waals surface area (Å²) >= 11 is 0. The summed E-state index contributed by atoms with van der Waals surface area (Å²) in [7, 11) is 0. The third-order valence-corrected chi connectivity index (χ3v) is 6.44. The van der Waals surface area contributed by atoms with Crippen molar-refractivity contribution in [1.82, 2.24) is 19.9 Å². The summed E-state index contributed by atoms with van der Waals surface area (Å²) in [6.07, 6.45) is 7.46. The smallest absolute Gasteiger partial charge is 0.263 e. The number of nitrogens with one attached hydrogen (secondary N) is 1. The van der Waals surface area contributed by atoms with Gasteiger partial charge in [-0.3, -0.25) is 14.2 Å². The van der Waals surface area contributed by atoms with E-state index in [1.54, 1.807) is 0 Å². The number of pyridine rings is 1. The van der Waals surface area contributed by atoms with Crippen molar-refractivity contribution in [3.8, 4) is 0 Å². The quantitative estimate of drug-likeness (QED) is 0.730. The van der Waals surface area contributed by atoms with Crippen molar-refractivity contribution in [1.29, 1.82) is 0 Å². The molecule has 0 bridgehead atoms. The van der Waals surface area contributed by atoms with Crippen LogP contribution in [0.25, 0.3) is 11.0 Å². The second-order valence-corrected chi connectivity index (χ2v) is 8.70. The number of hydrogen-bond acceptors (Lipinski definition) is 4. The molecule has 2 atom stereocenters. The molecule has 0 saturated heterocycles. The molecule has 2 aromatic heterocycles. The Morgan fingerprint density at radius 1 is 1.20 bits per heavy atom. The molecule has 3 aromatic rings. The molecule has 6 nitrogen and oxygen atoms in total. The zero-order valence-corrected chi connectivity index (χ0v) is 17.2. The fourth-order valence-corrected chi connectivity index (χ4v) is 4.83. The van der Waals surface area contributed by atoms with Gasteiger partial charge in [-0.25, -0.2) is 9.97 Å². The van der Waals surface area contributed by atoms with Gasteiger partial charge in [-0.1, -0.05) is 31.2 Å². The molecule has 2 aliphatic rings. The molecule has 0 radical (unpaired) electrons. The summed E-state index contributed by atoms with van der Waals surface area (Å²) in [6.45, 7) is 2.19. The Morgan fingerprint density at radius 2 is 2.07 bits per heavy atom. The van der Waals surface area contributed by atoms with Crippen LogP contribution >= 0.6 is 0 Å². The normalized spacial score (nSPS) is 20.4. The Bertz CT molecular complexity index is 1180. The lowest BCUT2D eigenvalue weighted by Crippen LogP contribution is -2.36. The van der Waals surface area contributed by atoms with Gasteiger partial charge in [-0.2, -0.15) is 0 Å². The van der Waals surface area contributed by atoms with Crippen LogP contribution in [0.4, 0.5) is 0 Å². The number of aryl methyl sites for hydroxylation is 2. The number of fused-ring (bicyclic) bond motifs is 3. The van der Waals surface area contributed by atoms with Crippen molar-refractivity contribution in [3.05, 3.63) is 69.4 Å². The van der Waals surface area contributed by atoms with E-state index in [2.05, 4.69) is 34.3 Å². The first-order valence-electron chi connectivity index (χ1n) is 10.8. The third kappa shape index (κ3) is 3.51. The second kappa shape index (κ2) is 7.67. The molecule has 5 rings (SSSR count). The van der Waals surface area contributed by atoms with Gasteiger partial charge in [-0.05, 0) is 67.2 Å². The zero-order chi connectivity index (χ0) is 20.7. The van der Waals surface area contributed by atoms with Crippen molar-refractivity contribution in [2.75, 3.05) is 0 Å². The molecule has 0 saturated carbocycles. The van der Waals surface area contributed by atoms with E-state index in [1.807, 2.05) is 18.2 Å². The van der Waals surface area contributed by atoms with Crippen LogP contribution in [0.15, 0.2) is 41.5 Å². The van der Waals surface area contributed by atoms with Crippen molar-refractivity contribution in [2.24, 2.45) is 5.92 Å². The lowest BCUT2D eigenvalue weighted by Gasteiger charge is -2.26. The molecule has 6 heteroatoms. The van der Waals surface area contributed by atoms with E-state index in [9.17, 15) is 9.59 Å². The Labute approximate surface area is 175 Å². The number of carbonyl (C=O) groups is 1. The van der Waals surface area contributed by atoms with Gasteiger partial charge < -0.3 is 5.32 Å². The van der Waals surface area contributed by atoms with Crippen molar-refractivity contribution in [2.45, 2.75) is 58.0 Å². The fraction of sp³-hybridized carbons (Fsp3) is 0.417. The molecular weight excluding hydrogens is 376 g/mol. The second-order valence-electron chi connectivity index (χ2n) is 8.70. The Hall–Kier alpha value is -3.02. The lowest BCUT2D eigenvalue weighted by molar-refractivity contribution is -0.122. The number of rotatable bonds is 3. The van der Waals surface area contributed by atoms with Crippen LogP contribution in [-0.2, 0) is 30.6 Å². The maximum absolute atomic E-state index is 13.0. The summed E-state index contributed by atoms with van der Waals surface area (Å²) < 4.78 is 1.40. The average Bonchev–Trinajstić information content (AvgIpc) is 2.75. The standard InChI is InChI=1S/C24H26N4O2/c1-15-9-10-20-17(11-15)12-19-23(27-20)25-14-28(24(19)30)13-22(29)26-21-8-4-6-16-5-2-3-7-18(16)21/h2-3,5,7,12,14-15,21H,4,6,8-11,13H2,1H3,(H,26,29). The molecule has 1 aromatic carbocycles. The van der Waals surface area contributed by atoms with Crippen LogP contribution in [0.3, 0.4) is 0 Å². The van der Waals surface area contributed by atoms with Crippen LogP contribution in [0.5, 0.6) is 0 Å². The van der Waals surface area contributed by atoms with Crippen LogP contribution in [0.1, 0.15) is 54.6 Å². The number of hydrogen-bond donors (Lipinski definition) is 1. The molecule has 30 heavy (non-hydrogen) atoms. The van der Waals surface area contributed by atoms with E-state index in [0.717, 1.165) is 49.8 Å². The van der Waals surface area contributed by atoms with E-state index in [0.29, 0.717) is 17.0 Å². The molecule has 2 aliphatic carbocycles. The van der Waals surface area contributed by atoms with Crippen LogP contribution in [0, 0.1) is 5.92 Å². The van der Waals surface area contributed by atoms with Crippen molar-refractivity contribution >= 4 is 16.9 Å². The molecule has 2 heterocycles. The van der Waals surface area contributed by atoms with Crippen LogP contribution < -0.4 is 10.9 Å².